The van der Waals surface area contributed by atoms with Gasteiger partial charge in [0.05, 0.1) is 18.7 Å². The van der Waals surface area contributed by atoms with Crippen LogP contribution in [-0.4, -0.2) is 45.4 Å². The number of nitrogens with zero attached hydrogens (tertiary/aromatic N) is 1. The zero-order chi connectivity index (χ0) is 25.4. The normalized spacial score (nSPS) is 17.2. The van der Waals surface area contributed by atoms with Crippen LogP contribution in [0.4, 0.5) is 0 Å². The quantitative estimate of drug-likeness (QED) is 0.173. The number of aromatic nitrogens is 1. The van der Waals surface area contributed by atoms with E-state index in [9.17, 15) is 19.8 Å². The minimum Gasteiger partial charge on any atom is -0.508 e. The molecular weight excluding hydrogens is 524 g/mol. The van der Waals surface area contributed by atoms with Crippen molar-refractivity contribution in [2.75, 3.05) is 13.7 Å². The number of hydrogen-bond donors (Lipinski definition) is 3. The summed E-state index contributed by atoms with van der Waals surface area (Å²) >= 11 is 3.37. The van der Waals surface area contributed by atoms with Gasteiger partial charge in [0.25, 0.3) is 11.7 Å². The van der Waals surface area contributed by atoms with Gasteiger partial charge in [0.2, 0.25) is 0 Å². The highest BCUT2D eigenvalue weighted by Crippen LogP contribution is 2.40. The Balaban J connectivity index is 1.55. The molecule has 3 N–H and O–H groups in total. The second-order valence-corrected chi connectivity index (χ2v) is 9.48. The number of amides is 1. The molecule has 3 aromatic carbocycles. The van der Waals surface area contributed by atoms with Crippen LogP contribution in [-0.2, 0) is 16.0 Å². The molecule has 0 spiro atoms. The molecule has 1 atom stereocenters. The summed E-state index contributed by atoms with van der Waals surface area (Å²) < 4.78 is 6.17. The number of aromatic amines is 1. The summed E-state index contributed by atoms with van der Waals surface area (Å²) in [6, 6.07) is 18.1. The van der Waals surface area contributed by atoms with Crippen LogP contribution in [0.2, 0.25) is 0 Å². The number of hydrogen-bond acceptors (Lipinski definition) is 5. The van der Waals surface area contributed by atoms with E-state index in [4.69, 9.17) is 4.74 Å². The first kappa shape index (κ1) is 23.7. The topological polar surface area (TPSA) is 103 Å². The number of carbonyl (C=O) groups excluding carboxylic acids is 2. The number of benzene rings is 3. The Morgan fingerprint density at radius 3 is 2.47 bits per heavy atom. The van der Waals surface area contributed by atoms with Crippen LogP contribution >= 0.6 is 15.9 Å². The van der Waals surface area contributed by atoms with Gasteiger partial charge >= 0.3 is 0 Å². The van der Waals surface area contributed by atoms with Crippen LogP contribution in [0.1, 0.15) is 22.7 Å². The third-order valence-corrected chi connectivity index (χ3v) is 6.99. The number of phenols is 1. The molecular formula is C28H23BrN2O5. The van der Waals surface area contributed by atoms with Crippen LogP contribution in [0.15, 0.2) is 83.0 Å². The molecule has 1 aliphatic heterocycles. The maximum absolute atomic E-state index is 13.2. The van der Waals surface area contributed by atoms with Crippen molar-refractivity contribution >= 4 is 44.3 Å². The number of aliphatic hydroxyl groups excluding tert-OH is 1. The number of rotatable bonds is 6. The number of ether oxygens (including phenoxy) is 1. The van der Waals surface area contributed by atoms with Gasteiger partial charge in [0.15, 0.2) is 0 Å². The average Bonchev–Trinajstić information content (AvgIpc) is 3.40. The maximum atomic E-state index is 13.2. The Kier molecular flexibility index (Phi) is 6.28. The highest BCUT2D eigenvalue weighted by molar-refractivity contribution is 9.10. The Morgan fingerprint density at radius 2 is 1.78 bits per heavy atom. The summed E-state index contributed by atoms with van der Waals surface area (Å²) in [5.74, 6) is -0.866. The third-order valence-electron chi connectivity index (χ3n) is 6.46. The van der Waals surface area contributed by atoms with Gasteiger partial charge in [-0.1, -0.05) is 40.2 Å². The van der Waals surface area contributed by atoms with E-state index in [1.54, 1.807) is 43.5 Å². The molecule has 1 aromatic heterocycles. The van der Waals surface area contributed by atoms with E-state index in [1.165, 1.54) is 17.0 Å². The highest BCUT2D eigenvalue weighted by Gasteiger charge is 2.45. The zero-order valence-corrected chi connectivity index (χ0v) is 21.0. The molecule has 36 heavy (non-hydrogen) atoms. The molecule has 1 unspecified atom stereocenters. The maximum Gasteiger partial charge on any atom is 0.295 e. The number of aromatic hydroxyl groups is 1. The van der Waals surface area contributed by atoms with Gasteiger partial charge in [-0.3, -0.25) is 9.59 Å². The molecule has 4 aromatic rings. The minimum absolute atomic E-state index is 0.0219. The Hall–Kier alpha value is -4.04. The average molecular weight is 547 g/mol. The smallest absolute Gasteiger partial charge is 0.295 e. The molecule has 8 heteroatoms. The lowest BCUT2D eigenvalue weighted by atomic mass is 9.95. The van der Waals surface area contributed by atoms with Crippen molar-refractivity contribution < 1.29 is 24.5 Å². The number of likely N-dealkylation sites (tertiary alicyclic amines) is 1. The van der Waals surface area contributed by atoms with Crippen LogP contribution in [0, 0.1) is 0 Å². The largest absolute Gasteiger partial charge is 0.508 e. The van der Waals surface area contributed by atoms with Crippen molar-refractivity contribution in [3.63, 3.8) is 0 Å². The first-order chi connectivity index (χ1) is 17.4. The number of carbonyl (C=O) groups is 2. The number of Topliss-reactive ketones (excluding diaryl/α,β-unsaturated/α-hetero) is 1. The fourth-order valence-electron chi connectivity index (χ4n) is 4.61. The SMILES string of the molecule is COc1ccc2[nH]cc(CCN3C(=O)C(=O)/C(=C(\O)c4ccc(Br)cc4)C3c3ccc(O)cc3)c2c1. The number of phenolic OH excluding ortho intramolecular Hbond substituents is 1. The molecule has 7 nitrogen and oxygen atoms in total. The van der Waals surface area contributed by atoms with E-state index in [-0.39, 0.29) is 23.6 Å². The predicted octanol–water partition coefficient (Wildman–Crippen LogP) is 5.31. The van der Waals surface area contributed by atoms with Gasteiger partial charge in [-0.2, -0.15) is 0 Å². The Bertz CT molecular complexity index is 1490. The number of aliphatic hydroxyl groups is 1. The molecule has 0 saturated carbocycles. The number of methoxy groups -OCH3 is 1. The summed E-state index contributed by atoms with van der Waals surface area (Å²) in [7, 11) is 1.61. The van der Waals surface area contributed by atoms with Crippen molar-refractivity contribution in [2.45, 2.75) is 12.5 Å². The molecule has 0 aliphatic carbocycles. The number of fused-ring (bicyclic) bond motifs is 1. The van der Waals surface area contributed by atoms with Crippen molar-refractivity contribution in [2.24, 2.45) is 0 Å². The molecule has 0 bridgehead atoms. The lowest BCUT2D eigenvalue weighted by Crippen LogP contribution is -2.31. The van der Waals surface area contributed by atoms with Crippen LogP contribution in [0.5, 0.6) is 11.5 Å². The first-order valence-corrected chi connectivity index (χ1v) is 12.1. The number of ketones is 1. The van der Waals surface area contributed by atoms with Gasteiger partial charge < -0.3 is 24.8 Å². The van der Waals surface area contributed by atoms with E-state index < -0.39 is 17.7 Å². The van der Waals surface area contributed by atoms with Gasteiger partial charge in [0.1, 0.15) is 17.3 Å². The van der Waals surface area contributed by atoms with Crippen molar-refractivity contribution in [3.8, 4) is 11.5 Å². The number of halogens is 1. The molecule has 1 aliphatic rings. The molecule has 5 rings (SSSR count). The number of nitrogens with one attached hydrogen (secondary N) is 1. The van der Waals surface area contributed by atoms with E-state index in [0.717, 1.165) is 26.7 Å². The summed E-state index contributed by atoms with van der Waals surface area (Å²) in [5.41, 5.74) is 2.99. The standard InChI is InChI=1S/C28H23BrN2O5/c1-36-21-10-11-23-22(14-21)18(15-30-23)12-13-31-25(16-4-8-20(32)9-5-16)24(27(34)28(31)35)26(33)17-2-6-19(29)7-3-17/h2-11,14-15,25,30,32-33H,12-13H2,1H3/b26-24-. The third kappa shape index (κ3) is 4.24. The fraction of sp³-hybridized carbons (Fsp3) is 0.143. The van der Waals surface area contributed by atoms with Crippen molar-refractivity contribution in [3.05, 3.63) is 99.7 Å². The lowest BCUT2D eigenvalue weighted by Gasteiger charge is -2.25. The molecule has 0 radical (unpaired) electrons. The van der Waals surface area contributed by atoms with E-state index in [1.807, 2.05) is 24.4 Å². The van der Waals surface area contributed by atoms with E-state index in [2.05, 4.69) is 20.9 Å². The zero-order valence-electron chi connectivity index (χ0n) is 19.4. The Labute approximate surface area is 215 Å². The van der Waals surface area contributed by atoms with Gasteiger partial charge in [-0.15, -0.1) is 0 Å². The molecule has 1 fully saturated rings. The van der Waals surface area contributed by atoms with Gasteiger partial charge in [-0.05, 0) is 60.0 Å². The summed E-state index contributed by atoms with van der Waals surface area (Å²) in [6.07, 6.45) is 2.37. The van der Waals surface area contributed by atoms with E-state index in [0.29, 0.717) is 17.5 Å². The molecule has 2 heterocycles. The van der Waals surface area contributed by atoms with Crippen LogP contribution < -0.4 is 4.74 Å². The van der Waals surface area contributed by atoms with Gasteiger partial charge in [-0.25, -0.2) is 0 Å². The Morgan fingerprint density at radius 1 is 1.06 bits per heavy atom. The minimum atomic E-state index is -0.797. The summed E-state index contributed by atoms with van der Waals surface area (Å²) in [6.45, 7) is 0.247. The summed E-state index contributed by atoms with van der Waals surface area (Å²) in [4.78, 5) is 31.2. The predicted molar refractivity (Wildman–Crippen MR) is 140 cm³/mol. The second kappa shape index (κ2) is 9.54. The van der Waals surface area contributed by atoms with Crippen LogP contribution in [0.3, 0.4) is 0 Å². The molecule has 1 amide bonds. The monoisotopic (exact) mass is 546 g/mol. The fourth-order valence-corrected chi connectivity index (χ4v) is 4.87. The molecule has 1 saturated heterocycles. The first-order valence-electron chi connectivity index (χ1n) is 11.3. The molecule has 182 valence electrons. The highest BCUT2D eigenvalue weighted by atomic mass is 79.9. The lowest BCUT2D eigenvalue weighted by molar-refractivity contribution is -0.139. The van der Waals surface area contributed by atoms with Crippen molar-refractivity contribution in [1.29, 1.82) is 0 Å². The van der Waals surface area contributed by atoms with E-state index >= 15 is 0 Å². The van der Waals surface area contributed by atoms with Crippen LogP contribution in [0.25, 0.3) is 16.7 Å². The second-order valence-electron chi connectivity index (χ2n) is 8.57. The van der Waals surface area contributed by atoms with Gasteiger partial charge in [0, 0.05) is 33.7 Å². The number of H-pyrrole nitrogens is 1. The van der Waals surface area contributed by atoms with Crippen molar-refractivity contribution in [1.82, 2.24) is 9.88 Å². The summed E-state index contributed by atoms with van der Waals surface area (Å²) in [5, 5.41) is 21.9.